The quantitative estimate of drug-likeness (QED) is 0.421. The molecule has 4 aromatic rings. The fraction of sp³-hybridized carbons (Fsp3) is 0.136. The summed E-state index contributed by atoms with van der Waals surface area (Å²) >= 11 is 0. The van der Waals surface area contributed by atoms with Gasteiger partial charge in [0.05, 0.1) is 16.8 Å². The van der Waals surface area contributed by atoms with Crippen molar-refractivity contribution in [1.82, 2.24) is 30.2 Å². The lowest BCUT2D eigenvalue weighted by Crippen LogP contribution is -2.35. The van der Waals surface area contributed by atoms with Gasteiger partial charge in [0.15, 0.2) is 0 Å². The van der Waals surface area contributed by atoms with Gasteiger partial charge in [-0.05, 0) is 31.2 Å². The predicted octanol–water partition coefficient (Wildman–Crippen LogP) is 2.17. The van der Waals surface area contributed by atoms with E-state index in [1.54, 1.807) is 36.8 Å². The maximum Gasteiger partial charge on any atom is 0.254 e. The van der Waals surface area contributed by atoms with E-state index in [0.29, 0.717) is 33.7 Å². The van der Waals surface area contributed by atoms with E-state index in [1.165, 1.54) is 6.33 Å². The number of hydrogen-bond donors (Lipinski definition) is 3. The van der Waals surface area contributed by atoms with Crippen LogP contribution in [0.25, 0.3) is 22.3 Å². The average molecular weight is 425 g/mol. The van der Waals surface area contributed by atoms with Gasteiger partial charge in [-0.2, -0.15) is 5.26 Å². The summed E-state index contributed by atoms with van der Waals surface area (Å²) < 4.78 is 0. The second-order valence-corrected chi connectivity index (χ2v) is 6.98. The standard InChI is InChI=1S/C22H19N9O/c1-13(31-21-14(9-23)20(24)29-12-30-21)10-28-22(32)18-15(16-5-2-3-7-25-16)11-27-17-6-4-8-26-19(17)18/h2-8,11-13H,10H2,1H3,(H,28,32)(H3,24,29,30,31)/t13-/m0/s1. The number of anilines is 2. The summed E-state index contributed by atoms with van der Waals surface area (Å²) in [6.45, 7) is 2.11. The molecule has 158 valence electrons. The van der Waals surface area contributed by atoms with Gasteiger partial charge < -0.3 is 16.4 Å². The zero-order valence-electron chi connectivity index (χ0n) is 17.1. The van der Waals surface area contributed by atoms with Crippen LogP contribution in [-0.2, 0) is 0 Å². The van der Waals surface area contributed by atoms with Crippen molar-refractivity contribution in [2.24, 2.45) is 0 Å². The first-order valence-electron chi connectivity index (χ1n) is 9.79. The number of nitrogens with zero attached hydrogens (tertiary/aromatic N) is 6. The maximum atomic E-state index is 13.3. The molecule has 0 saturated carbocycles. The Morgan fingerprint density at radius 2 is 1.97 bits per heavy atom. The van der Waals surface area contributed by atoms with Crippen LogP contribution in [0.5, 0.6) is 0 Å². The number of aromatic nitrogens is 5. The summed E-state index contributed by atoms with van der Waals surface area (Å²) in [5, 5.41) is 15.3. The predicted molar refractivity (Wildman–Crippen MR) is 119 cm³/mol. The Morgan fingerprint density at radius 1 is 1.12 bits per heavy atom. The molecule has 4 rings (SSSR count). The van der Waals surface area contributed by atoms with Gasteiger partial charge in [-0.25, -0.2) is 9.97 Å². The summed E-state index contributed by atoms with van der Waals surface area (Å²) in [5.74, 6) is 0.0932. The molecule has 0 fully saturated rings. The minimum atomic E-state index is -0.312. The van der Waals surface area contributed by atoms with Crippen molar-refractivity contribution in [1.29, 1.82) is 5.26 Å². The molecule has 0 aliphatic heterocycles. The molecule has 0 aliphatic rings. The number of fused-ring (bicyclic) bond motifs is 1. The molecule has 0 bridgehead atoms. The van der Waals surface area contributed by atoms with Crippen molar-refractivity contribution in [3.63, 3.8) is 0 Å². The number of nitrogens with one attached hydrogen (secondary N) is 2. The van der Waals surface area contributed by atoms with Crippen LogP contribution >= 0.6 is 0 Å². The van der Waals surface area contributed by atoms with E-state index in [1.807, 2.05) is 25.1 Å². The van der Waals surface area contributed by atoms with Crippen LogP contribution in [0, 0.1) is 11.3 Å². The fourth-order valence-corrected chi connectivity index (χ4v) is 3.20. The van der Waals surface area contributed by atoms with Crippen molar-refractivity contribution >= 4 is 28.6 Å². The smallest absolute Gasteiger partial charge is 0.254 e. The van der Waals surface area contributed by atoms with Crippen molar-refractivity contribution in [2.45, 2.75) is 13.0 Å². The van der Waals surface area contributed by atoms with Crippen molar-refractivity contribution < 1.29 is 4.79 Å². The van der Waals surface area contributed by atoms with E-state index in [9.17, 15) is 10.1 Å². The Kier molecular flexibility index (Phi) is 5.81. The van der Waals surface area contributed by atoms with Crippen LogP contribution in [0.1, 0.15) is 22.8 Å². The number of nitriles is 1. The molecule has 0 aliphatic carbocycles. The molecule has 4 heterocycles. The first-order chi connectivity index (χ1) is 15.6. The molecule has 0 unspecified atom stereocenters. The minimum Gasteiger partial charge on any atom is -0.382 e. The Balaban J connectivity index is 1.59. The highest BCUT2D eigenvalue weighted by Gasteiger charge is 2.20. The molecule has 0 spiro atoms. The molecular weight excluding hydrogens is 406 g/mol. The number of carbonyl (C=O) groups is 1. The summed E-state index contributed by atoms with van der Waals surface area (Å²) in [6.07, 6.45) is 6.19. The van der Waals surface area contributed by atoms with E-state index >= 15 is 0 Å². The molecule has 0 radical (unpaired) electrons. The second kappa shape index (κ2) is 9.01. The highest BCUT2D eigenvalue weighted by atomic mass is 16.1. The Hall–Kier alpha value is -4.65. The van der Waals surface area contributed by atoms with Gasteiger partial charge in [-0.3, -0.25) is 19.7 Å². The van der Waals surface area contributed by atoms with Crippen LogP contribution in [0.3, 0.4) is 0 Å². The lowest BCUT2D eigenvalue weighted by atomic mass is 10.0. The molecule has 32 heavy (non-hydrogen) atoms. The number of rotatable bonds is 6. The molecule has 4 N–H and O–H groups in total. The normalized spacial score (nSPS) is 11.5. The Morgan fingerprint density at radius 3 is 2.75 bits per heavy atom. The molecule has 4 aromatic heterocycles. The van der Waals surface area contributed by atoms with Crippen LogP contribution in [0.4, 0.5) is 11.6 Å². The molecule has 0 aromatic carbocycles. The van der Waals surface area contributed by atoms with Gasteiger partial charge in [0.25, 0.3) is 5.91 Å². The van der Waals surface area contributed by atoms with E-state index in [2.05, 4.69) is 35.6 Å². The topological polar surface area (TPSA) is 155 Å². The largest absolute Gasteiger partial charge is 0.382 e. The third kappa shape index (κ3) is 4.13. The van der Waals surface area contributed by atoms with Gasteiger partial charge >= 0.3 is 0 Å². The Labute approximate surface area is 183 Å². The minimum absolute atomic E-state index is 0.0931. The summed E-state index contributed by atoms with van der Waals surface area (Å²) in [7, 11) is 0. The molecule has 1 atom stereocenters. The summed E-state index contributed by atoms with van der Waals surface area (Å²) in [6, 6.07) is 10.8. The van der Waals surface area contributed by atoms with Crippen LogP contribution in [0.2, 0.25) is 0 Å². The number of hydrogen-bond acceptors (Lipinski definition) is 9. The Bertz CT molecular complexity index is 1320. The first kappa shape index (κ1) is 20.6. The van der Waals surface area contributed by atoms with E-state index < -0.39 is 0 Å². The highest BCUT2D eigenvalue weighted by Crippen LogP contribution is 2.26. The second-order valence-electron chi connectivity index (χ2n) is 6.98. The monoisotopic (exact) mass is 425 g/mol. The van der Waals surface area contributed by atoms with Crippen LogP contribution in [-0.4, -0.2) is 43.4 Å². The van der Waals surface area contributed by atoms with Crippen molar-refractivity contribution in [3.8, 4) is 17.3 Å². The van der Waals surface area contributed by atoms with Crippen molar-refractivity contribution in [3.05, 3.63) is 66.4 Å². The molecule has 10 nitrogen and oxygen atoms in total. The number of nitrogens with two attached hydrogens (primary N) is 1. The molecular formula is C22H19N9O. The molecule has 1 amide bonds. The highest BCUT2D eigenvalue weighted by molar-refractivity contribution is 6.09. The zero-order chi connectivity index (χ0) is 22.5. The summed E-state index contributed by atoms with van der Waals surface area (Å²) in [4.78, 5) is 34.3. The lowest BCUT2D eigenvalue weighted by molar-refractivity contribution is 0.0954. The average Bonchev–Trinajstić information content (AvgIpc) is 2.82. The fourth-order valence-electron chi connectivity index (χ4n) is 3.20. The van der Waals surface area contributed by atoms with Gasteiger partial charge in [-0.15, -0.1) is 0 Å². The zero-order valence-corrected chi connectivity index (χ0v) is 17.1. The first-order valence-corrected chi connectivity index (χ1v) is 9.79. The van der Waals surface area contributed by atoms with Crippen LogP contribution < -0.4 is 16.4 Å². The number of carbonyl (C=O) groups excluding carboxylic acids is 1. The molecule has 10 heteroatoms. The summed E-state index contributed by atoms with van der Waals surface area (Å²) in [5.41, 5.74) is 8.59. The third-order valence-corrected chi connectivity index (χ3v) is 4.73. The van der Waals surface area contributed by atoms with Gasteiger partial charge in [0, 0.05) is 36.7 Å². The van der Waals surface area contributed by atoms with Gasteiger partial charge in [-0.1, -0.05) is 6.07 Å². The number of nitrogen functional groups attached to an aromatic ring is 1. The number of amides is 1. The third-order valence-electron chi connectivity index (χ3n) is 4.73. The van der Waals surface area contributed by atoms with Crippen LogP contribution in [0.15, 0.2) is 55.2 Å². The van der Waals surface area contributed by atoms with E-state index in [-0.39, 0.29) is 29.9 Å². The molecule has 0 saturated heterocycles. The van der Waals surface area contributed by atoms with E-state index in [4.69, 9.17) is 5.73 Å². The van der Waals surface area contributed by atoms with Crippen molar-refractivity contribution in [2.75, 3.05) is 17.6 Å². The SMILES string of the molecule is C[C@@H](CNC(=O)c1c(-c2ccccn2)cnc2cccnc12)Nc1ncnc(N)c1C#N. The lowest BCUT2D eigenvalue weighted by Gasteiger charge is -2.17. The van der Waals surface area contributed by atoms with Gasteiger partial charge in [0.2, 0.25) is 0 Å². The maximum absolute atomic E-state index is 13.3. The van der Waals surface area contributed by atoms with E-state index in [0.717, 1.165) is 0 Å². The number of pyridine rings is 3. The van der Waals surface area contributed by atoms with Gasteiger partial charge in [0.1, 0.15) is 35.1 Å².